The van der Waals surface area contributed by atoms with Crippen LogP contribution in [-0.4, -0.2) is 59.6 Å². The van der Waals surface area contributed by atoms with Gasteiger partial charge in [-0.25, -0.2) is 4.79 Å². The Labute approximate surface area is 268 Å². The molecule has 45 heavy (non-hydrogen) atoms. The molecule has 0 spiro atoms. The lowest BCUT2D eigenvalue weighted by atomic mass is 9.93. The molecule has 0 heterocycles. The number of hydrogen-bond acceptors (Lipinski definition) is 6. The van der Waals surface area contributed by atoms with E-state index < -0.39 is 47.6 Å². The number of carbonyl (C=O) groups is 4. The molecule has 0 aliphatic heterocycles. The summed E-state index contributed by atoms with van der Waals surface area (Å²) in [7, 11) is 0. The lowest BCUT2D eigenvalue weighted by Crippen LogP contribution is -2.56. The summed E-state index contributed by atoms with van der Waals surface area (Å²) in [5.74, 6) is 1.60. The fourth-order valence-corrected chi connectivity index (χ4v) is 4.89. The maximum Gasteiger partial charge on any atom is 0.408 e. The molecule has 0 aliphatic rings. The second kappa shape index (κ2) is 17.8. The number of terminal acetylenes is 1. The lowest BCUT2D eigenvalue weighted by molar-refractivity contribution is -0.146. The van der Waals surface area contributed by atoms with Crippen LogP contribution in [0.3, 0.4) is 0 Å². The minimum absolute atomic E-state index is 0.0123. The van der Waals surface area contributed by atoms with E-state index in [-0.39, 0.29) is 26.0 Å². The molecule has 0 radical (unpaired) electrons. The van der Waals surface area contributed by atoms with Crippen molar-refractivity contribution in [1.82, 2.24) is 15.5 Å². The first-order valence-electron chi connectivity index (χ1n) is 15.6. The van der Waals surface area contributed by atoms with Crippen molar-refractivity contribution in [3.63, 3.8) is 0 Å². The maximum absolute atomic E-state index is 14.8. The number of nitrogens with one attached hydrogen (secondary N) is 2. The fraction of sp³-hybridized carbons (Fsp3) is 0.500. The van der Waals surface area contributed by atoms with Crippen LogP contribution in [-0.2, 0) is 30.3 Å². The number of esters is 1. The summed E-state index contributed by atoms with van der Waals surface area (Å²) in [6.45, 7) is 13.3. The first-order valence-corrected chi connectivity index (χ1v) is 15.6. The molecular weight excluding hydrogens is 570 g/mol. The number of carbonyl (C=O) groups excluding carboxylic acids is 4. The topological polar surface area (TPSA) is 114 Å². The van der Waals surface area contributed by atoms with Crippen LogP contribution in [0.4, 0.5) is 4.79 Å². The van der Waals surface area contributed by atoms with Crippen LogP contribution in [0.1, 0.15) is 90.5 Å². The van der Waals surface area contributed by atoms with Gasteiger partial charge < -0.3 is 25.0 Å². The summed E-state index contributed by atoms with van der Waals surface area (Å²) >= 11 is 0. The van der Waals surface area contributed by atoms with Gasteiger partial charge in [0.25, 0.3) is 0 Å². The average molecular weight is 620 g/mol. The monoisotopic (exact) mass is 619 g/mol. The van der Waals surface area contributed by atoms with E-state index in [0.29, 0.717) is 23.5 Å². The van der Waals surface area contributed by atoms with E-state index in [2.05, 4.69) is 30.4 Å². The highest BCUT2D eigenvalue weighted by Gasteiger charge is 2.39. The third-order valence-corrected chi connectivity index (χ3v) is 7.03. The third kappa shape index (κ3) is 12.3. The van der Waals surface area contributed by atoms with Crippen molar-refractivity contribution < 1.29 is 28.7 Å². The third-order valence-electron chi connectivity index (χ3n) is 7.03. The van der Waals surface area contributed by atoms with Gasteiger partial charge in [-0.05, 0) is 70.6 Å². The van der Waals surface area contributed by atoms with E-state index in [1.807, 2.05) is 37.3 Å². The predicted octanol–water partition coefficient (Wildman–Crippen LogP) is 5.57. The summed E-state index contributed by atoms with van der Waals surface area (Å²) in [6, 6.07) is 13.7. The number of rotatable bonds is 15. The second-order valence-electron chi connectivity index (χ2n) is 12.4. The van der Waals surface area contributed by atoms with Crippen molar-refractivity contribution in [1.29, 1.82) is 0 Å². The Morgan fingerprint density at radius 3 is 2.20 bits per heavy atom. The lowest BCUT2D eigenvalue weighted by Gasteiger charge is -2.39. The fourth-order valence-electron chi connectivity index (χ4n) is 4.89. The quantitative estimate of drug-likeness (QED) is 0.199. The molecule has 0 aromatic heterocycles. The Balaban J connectivity index is 2.65. The van der Waals surface area contributed by atoms with Gasteiger partial charge in [0.15, 0.2) is 0 Å². The zero-order chi connectivity index (χ0) is 33.6. The van der Waals surface area contributed by atoms with Gasteiger partial charge in [0.05, 0.1) is 13.0 Å². The maximum atomic E-state index is 14.8. The first kappa shape index (κ1) is 36.9. The highest BCUT2D eigenvalue weighted by molar-refractivity contribution is 5.93. The largest absolute Gasteiger partial charge is 0.466 e. The van der Waals surface area contributed by atoms with Crippen LogP contribution in [0.25, 0.3) is 0 Å². The SMILES string of the molecule is C#Cc1ccccc1C(C(=O)NCCC(=O)OCC)N(C(=O)C(Cc1ccccc1)NC(=O)OC(C)(C)C)C(C)CCC(C)C. The Morgan fingerprint density at radius 1 is 0.956 bits per heavy atom. The van der Waals surface area contributed by atoms with Gasteiger partial charge in [0.2, 0.25) is 11.8 Å². The predicted molar refractivity (Wildman–Crippen MR) is 175 cm³/mol. The molecule has 2 N–H and O–H groups in total. The Bertz CT molecular complexity index is 1310. The number of nitrogens with zero attached hydrogens (tertiary/aromatic N) is 1. The summed E-state index contributed by atoms with van der Waals surface area (Å²) in [4.78, 5) is 55.5. The standard InChI is InChI=1S/C36H49N3O6/c1-9-28-18-14-15-19-29(28)32(33(41)37-23-22-31(40)44-10-2)39(26(5)21-20-25(3)4)34(42)30(24-27-16-12-11-13-17-27)38-35(43)45-36(6,7)8/h1,11-19,25-26,30,32H,10,20-24H2,2-8H3,(H,37,41)(H,38,43). The normalized spacial score (nSPS) is 13.1. The van der Waals surface area contributed by atoms with Crippen molar-refractivity contribution in [2.45, 2.75) is 97.9 Å². The number of benzene rings is 2. The van der Waals surface area contributed by atoms with Crippen LogP contribution in [0.15, 0.2) is 54.6 Å². The van der Waals surface area contributed by atoms with Gasteiger partial charge >= 0.3 is 12.1 Å². The first-order chi connectivity index (χ1) is 21.3. The van der Waals surface area contributed by atoms with Crippen LogP contribution >= 0.6 is 0 Å². The molecule has 3 amide bonds. The Morgan fingerprint density at radius 2 is 1.60 bits per heavy atom. The highest BCUT2D eigenvalue weighted by Crippen LogP contribution is 2.30. The van der Waals surface area contributed by atoms with Crippen molar-refractivity contribution in [3.05, 3.63) is 71.3 Å². The van der Waals surface area contributed by atoms with Gasteiger partial charge in [-0.15, -0.1) is 6.42 Å². The molecule has 0 saturated carbocycles. The minimum atomic E-state index is -1.15. The molecule has 244 valence electrons. The molecule has 2 aromatic carbocycles. The van der Waals surface area contributed by atoms with Gasteiger partial charge in [-0.3, -0.25) is 14.4 Å². The van der Waals surface area contributed by atoms with Crippen LogP contribution in [0.5, 0.6) is 0 Å². The smallest absolute Gasteiger partial charge is 0.408 e. The molecule has 0 fully saturated rings. The van der Waals surface area contributed by atoms with Crippen molar-refractivity contribution in [3.8, 4) is 12.3 Å². The van der Waals surface area contributed by atoms with Crippen LogP contribution in [0.2, 0.25) is 0 Å². The average Bonchev–Trinajstić information content (AvgIpc) is 2.97. The summed E-state index contributed by atoms with van der Waals surface area (Å²) < 4.78 is 10.5. The molecule has 0 aliphatic carbocycles. The molecule has 9 nitrogen and oxygen atoms in total. The summed E-state index contributed by atoms with van der Waals surface area (Å²) in [5.41, 5.74) is 0.953. The zero-order valence-corrected chi connectivity index (χ0v) is 27.7. The van der Waals surface area contributed by atoms with Crippen molar-refractivity contribution >= 4 is 23.9 Å². The van der Waals surface area contributed by atoms with E-state index >= 15 is 0 Å². The number of ether oxygens (including phenoxy) is 2. The van der Waals surface area contributed by atoms with Gasteiger partial charge in [0, 0.05) is 24.6 Å². The summed E-state index contributed by atoms with van der Waals surface area (Å²) in [5, 5.41) is 5.61. The molecule has 2 rings (SSSR count). The van der Waals surface area contributed by atoms with Gasteiger partial charge in [0.1, 0.15) is 17.7 Å². The Hall–Kier alpha value is -4.32. The zero-order valence-electron chi connectivity index (χ0n) is 27.7. The molecule has 0 saturated heterocycles. The minimum Gasteiger partial charge on any atom is -0.466 e. The van der Waals surface area contributed by atoms with E-state index in [1.165, 1.54) is 4.90 Å². The van der Waals surface area contributed by atoms with Gasteiger partial charge in [-0.2, -0.15) is 0 Å². The number of hydrogen-bond donors (Lipinski definition) is 2. The Kier molecular flexibility index (Phi) is 14.6. The number of alkyl carbamates (subject to hydrolysis) is 1. The van der Waals surface area contributed by atoms with Crippen molar-refractivity contribution in [2.24, 2.45) is 5.92 Å². The van der Waals surface area contributed by atoms with Crippen LogP contribution in [0, 0.1) is 18.3 Å². The molecule has 9 heteroatoms. The molecule has 3 unspecified atom stereocenters. The van der Waals surface area contributed by atoms with E-state index in [1.54, 1.807) is 52.0 Å². The highest BCUT2D eigenvalue weighted by atomic mass is 16.6. The number of amides is 3. The molecule has 2 aromatic rings. The second-order valence-corrected chi connectivity index (χ2v) is 12.4. The van der Waals surface area contributed by atoms with E-state index in [0.717, 1.165) is 12.0 Å². The molecular formula is C36H49N3O6. The van der Waals surface area contributed by atoms with Crippen LogP contribution < -0.4 is 10.6 Å². The van der Waals surface area contributed by atoms with Crippen molar-refractivity contribution in [2.75, 3.05) is 13.2 Å². The summed E-state index contributed by atoms with van der Waals surface area (Å²) in [6.07, 6.45) is 6.66. The molecule has 3 atom stereocenters. The van der Waals surface area contributed by atoms with Gasteiger partial charge in [-0.1, -0.05) is 68.3 Å². The molecule has 0 bridgehead atoms. The van der Waals surface area contributed by atoms with E-state index in [4.69, 9.17) is 15.9 Å². The van der Waals surface area contributed by atoms with E-state index in [9.17, 15) is 19.2 Å².